The summed E-state index contributed by atoms with van der Waals surface area (Å²) in [6.07, 6.45) is 3.06. The summed E-state index contributed by atoms with van der Waals surface area (Å²) in [7, 11) is -3.46. The van der Waals surface area contributed by atoms with Crippen LogP contribution in [0.25, 0.3) is 0 Å². The van der Waals surface area contributed by atoms with E-state index in [4.69, 9.17) is 4.74 Å². The third-order valence-electron chi connectivity index (χ3n) is 6.40. The third-order valence-corrected chi connectivity index (χ3v) is 8.07. The van der Waals surface area contributed by atoms with Crippen molar-refractivity contribution < 1.29 is 17.9 Å². The van der Waals surface area contributed by atoms with Crippen LogP contribution in [0.3, 0.4) is 0 Å². The van der Waals surface area contributed by atoms with E-state index >= 15 is 0 Å². The van der Waals surface area contributed by atoms with E-state index in [0.29, 0.717) is 10.8 Å². The molecule has 8 nitrogen and oxygen atoms in total. The SMILES string of the molecule is CC(C)NS(=O)(=O)c1ccc(N2CCN(CCC3CCN(C(=O)OC(C)(C)C)CC3)CC2)cc1. The second kappa shape index (κ2) is 11.3. The number of anilines is 1. The predicted octanol–water partition coefficient (Wildman–Crippen LogP) is 3.53. The second-order valence-corrected chi connectivity index (χ2v) is 12.5. The number of likely N-dealkylation sites (tertiary alicyclic amines) is 1. The van der Waals surface area contributed by atoms with Crippen LogP contribution in [-0.4, -0.2) is 81.8 Å². The van der Waals surface area contributed by atoms with E-state index in [-0.39, 0.29) is 12.1 Å². The quantitative estimate of drug-likeness (QED) is 0.625. The lowest BCUT2D eigenvalue weighted by atomic mass is 9.93. The number of rotatable bonds is 7. The van der Waals surface area contributed by atoms with Crippen molar-refractivity contribution in [3.05, 3.63) is 24.3 Å². The Bertz CT molecular complexity index is 896. The number of hydrogen-bond acceptors (Lipinski definition) is 6. The summed E-state index contributed by atoms with van der Waals surface area (Å²) in [4.78, 5) is 19.2. The number of benzene rings is 1. The van der Waals surface area contributed by atoms with Crippen molar-refractivity contribution in [2.75, 3.05) is 50.7 Å². The lowest BCUT2D eigenvalue weighted by Gasteiger charge is -2.38. The number of nitrogens with zero attached hydrogens (tertiary/aromatic N) is 3. The minimum atomic E-state index is -3.46. The summed E-state index contributed by atoms with van der Waals surface area (Å²) in [6, 6.07) is 7.06. The molecule has 1 aromatic carbocycles. The van der Waals surface area contributed by atoms with Gasteiger partial charge in [-0.15, -0.1) is 0 Å². The Morgan fingerprint density at radius 2 is 1.62 bits per heavy atom. The lowest BCUT2D eigenvalue weighted by molar-refractivity contribution is 0.0177. The molecule has 2 saturated heterocycles. The zero-order chi connectivity index (χ0) is 24.9. The first-order valence-corrected chi connectivity index (χ1v) is 14.0. The maximum Gasteiger partial charge on any atom is 0.410 e. The number of carbonyl (C=O) groups excluding carboxylic acids is 1. The Kier molecular flexibility index (Phi) is 8.87. The number of sulfonamides is 1. The Balaban J connectivity index is 1.39. The lowest BCUT2D eigenvalue weighted by Crippen LogP contribution is -2.47. The molecular formula is C25H42N4O4S. The molecule has 0 bridgehead atoms. The van der Waals surface area contributed by atoms with Crippen molar-refractivity contribution in [3.63, 3.8) is 0 Å². The number of amides is 1. The highest BCUT2D eigenvalue weighted by atomic mass is 32.2. The number of ether oxygens (including phenoxy) is 1. The molecule has 34 heavy (non-hydrogen) atoms. The van der Waals surface area contributed by atoms with Gasteiger partial charge in [-0.25, -0.2) is 17.9 Å². The monoisotopic (exact) mass is 494 g/mol. The van der Waals surface area contributed by atoms with Gasteiger partial charge in [0.25, 0.3) is 0 Å². The van der Waals surface area contributed by atoms with Gasteiger partial charge in [0.05, 0.1) is 4.90 Å². The van der Waals surface area contributed by atoms with Gasteiger partial charge in [-0.05, 0) is 90.6 Å². The molecule has 0 aliphatic carbocycles. The highest BCUT2D eigenvalue weighted by Crippen LogP contribution is 2.24. The molecule has 0 aromatic heterocycles. The topological polar surface area (TPSA) is 82.2 Å². The first-order chi connectivity index (χ1) is 15.9. The standard InChI is InChI=1S/C25H42N4O4S/c1-20(2)26-34(31,32)23-8-6-22(7-9-23)28-18-16-27(17-19-28)13-10-21-11-14-29(15-12-21)24(30)33-25(3,4)5/h6-9,20-21,26H,10-19H2,1-5H3. The molecule has 0 atom stereocenters. The second-order valence-electron chi connectivity index (χ2n) is 10.8. The fraction of sp³-hybridized carbons (Fsp3) is 0.720. The summed E-state index contributed by atoms with van der Waals surface area (Å²) in [6.45, 7) is 15.9. The van der Waals surface area contributed by atoms with E-state index in [1.807, 2.05) is 51.7 Å². The van der Waals surface area contributed by atoms with E-state index in [0.717, 1.165) is 70.8 Å². The summed E-state index contributed by atoms with van der Waals surface area (Å²) >= 11 is 0. The van der Waals surface area contributed by atoms with Crippen molar-refractivity contribution >= 4 is 21.8 Å². The van der Waals surface area contributed by atoms with Gasteiger partial charge in [-0.2, -0.15) is 0 Å². The van der Waals surface area contributed by atoms with Gasteiger partial charge in [-0.3, -0.25) is 4.90 Å². The van der Waals surface area contributed by atoms with Crippen molar-refractivity contribution in [1.82, 2.24) is 14.5 Å². The van der Waals surface area contributed by atoms with Gasteiger partial charge in [0.15, 0.2) is 0 Å². The van der Waals surface area contributed by atoms with Crippen LogP contribution in [0, 0.1) is 5.92 Å². The summed E-state index contributed by atoms with van der Waals surface area (Å²) in [5.74, 6) is 0.658. The van der Waals surface area contributed by atoms with Crippen molar-refractivity contribution in [1.29, 1.82) is 0 Å². The molecule has 2 fully saturated rings. The molecule has 3 rings (SSSR count). The van der Waals surface area contributed by atoms with E-state index in [9.17, 15) is 13.2 Å². The Morgan fingerprint density at radius 3 is 2.15 bits per heavy atom. The molecule has 0 radical (unpaired) electrons. The first-order valence-electron chi connectivity index (χ1n) is 12.5. The van der Waals surface area contributed by atoms with Crippen molar-refractivity contribution in [2.45, 2.75) is 70.4 Å². The van der Waals surface area contributed by atoms with Gasteiger partial charge < -0.3 is 14.5 Å². The van der Waals surface area contributed by atoms with Crippen LogP contribution in [0.15, 0.2) is 29.2 Å². The zero-order valence-electron chi connectivity index (χ0n) is 21.4. The molecule has 1 aromatic rings. The van der Waals surface area contributed by atoms with Gasteiger partial charge in [0.1, 0.15) is 5.60 Å². The van der Waals surface area contributed by atoms with Crippen molar-refractivity contribution in [2.24, 2.45) is 5.92 Å². The molecule has 0 unspecified atom stereocenters. The number of nitrogens with one attached hydrogen (secondary N) is 1. The maximum atomic E-state index is 12.3. The molecule has 1 amide bonds. The Hall–Kier alpha value is -1.84. The number of piperazine rings is 1. The van der Waals surface area contributed by atoms with Crippen LogP contribution in [-0.2, 0) is 14.8 Å². The summed E-state index contributed by atoms with van der Waals surface area (Å²) in [5.41, 5.74) is 0.624. The fourth-order valence-corrected chi connectivity index (χ4v) is 5.79. The van der Waals surface area contributed by atoms with Gasteiger partial charge in [0, 0.05) is 51.0 Å². The molecule has 1 N–H and O–H groups in total. The number of carbonyl (C=O) groups is 1. The third kappa shape index (κ3) is 7.85. The first kappa shape index (κ1) is 26.8. The molecule has 0 saturated carbocycles. The number of hydrogen-bond donors (Lipinski definition) is 1. The molecule has 2 heterocycles. The highest BCUT2D eigenvalue weighted by molar-refractivity contribution is 7.89. The average Bonchev–Trinajstić information content (AvgIpc) is 2.76. The van der Waals surface area contributed by atoms with Crippen LogP contribution in [0.5, 0.6) is 0 Å². The fourth-order valence-electron chi connectivity index (χ4n) is 4.54. The predicted molar refractivity (Wildman–Crippen MR) is 136 cm³/mol. The number of piperidine rings is 1. The maximum absolute atomic E-state index is 12.3. The van der Waals surface area contributed by atoms with Crippen LogP contribution in [0.1, 0.15) is 53.9 Å². The molecule has 9 heteroatoms. The van der Waals surface area contributed by atoms with Gasteiger partial charge in [0.2, 0.25) is 10.0 Å². The van der Waals surface area contributed by atoms with Crippen LogP contribution >= 0.6 is 0 Å². The highest BCUT2D eigenvalue weighted by Gasteiger charge is 2.27. The van der Waals surface area contributed by atoms with E-state index in [1.165, 1.54) is 0 Å². The minimum Gasteiger partial charge on any atom is -0.444 e. The largest absolute Gasteiger partial charge is 0.444 e. The summed E-state index contributed by atoms with van der Waals surface area (Å²) < 4.78 is 32.8. The smallest absolute Gasteiger partial charge is 0.410 e. The Labute approximate surface area is 205 Å². The zero-order valence-corrected chi connectivity index (χ0v) is 22.2. The summed E-state index contributed by atoms with van der Waals surface area (Å²) in [5, 5.41) is 0. The van der Waals surface area contributed by atoms with E-state index in [1.54, 1.807) is 12.1 Å². The van der Waals surface area contributed by atoms with Gasteiger partial charge >= 0.3 is 6.09 Å². The Morgan fingerprint density at radius 1 is 1.03 bits per heavy atom. The van der Waals surface area contributed by atoms with Gasteiger partial charge in [-0.1, -0.05) is 0 Å². The normalized spacial score (nSPS) is 19.0. The molecular weight excluding hydrogens is 452 g/mol. The minimum absolute atomic E-state index is 0.129. The molecule has 0 spiro atoms. The van der Waals surface area contributed by atoms with Crippen LogP contribution in [0.2, 0.25) is 0 Å². The molecule has 2 aliphatic heterocycles. The van der Waals surface area contributed by atoms with Crippen LogP contribution < -0.4 is 9.62 Å². The average molecular weight is 495 g/mol. The molecule has 2 aliphatic rings. The van der Waals surface area contributed by atoms with E-state index in [2.05, 4.69) is 14.5 Å². The van der Waals surface area contributed by atoms with Crippen LogP contribution in [0.4, 0.5) is 10.5 Å². The van der Waals surface area contributed by atoms with E-state index < -0.39 is 15.6 Å². The molecule has 192 valence electrons. The van der Waals surface area contributed by atoms with Crippen molar-refractivity contribution in [3.8, 4) is 0 Å².